The van der Waals surface area contributed by atoms with Gasteiger partial charge in [0.1, 0.15) is 0 Å². The van der Waals surface area contributed by atoms with Crippen LogP contribution in [0.15, 0.2) is 0 Å². The summed E-state index contributed by atoms with van der Waals surface area (Å²) in [5, 5.41) is 9.90. The van der Waals surface area contributed by atoms with Crippen molar-refractivity contribution in [3.05, 3.63) is 10.6 Å². The lowest BCUT2D eigenvalue weighted by molar-refractivity contribution is -0.140. The average molecular weight is 256 g/mol. The van der Waals surface area contributed by atoms with Crippen LogP contribution in [0.5, 0.6) is 0 Å². The number of rotatable bonds is 5. The molecule has 1 atom stereocenters. The van der Waals surface area contributed by atoms with Gasteiger partial charge in [0.15, 0.2) is 5.13 Å². The Morgan fingerprint density at radius 2 is 2.00 bits per heavy atom. The Labute approximate surface area is 106 Å². The lowest BCUT2D eigenvalue weighted by atomic mass is 10.1. The van der Waals surface area contributed by atoms with Gasteiger partial charge in [-0.1, -0.05) is 6.92 Å². The molecule has 0 bridgehead atoms. The van der Waals surface area contributed by atoms with Gasteiger partial charge in [-0.15, -0.1) is 11.3 Å². The molecular weight excluding hydrogens is 236 g/mol. The SMILES string of the molecule is Cc1nc(N(CC(C)C(=O)O)C(C)C)sc1C. The number of aryl methyl sites for hydroxylation is 2. The number of carboxylic acid groups (broad SMARTS) is 1. The van der Waals surface area contributed by atoms with E-state index in [1.54, 1.807) is 18.3 Å². The fourth-order valence-corrected chi connectivity index (χ4v) is 2.51. The highest BCUT2D eigenvalue weighted by Crippen LogP contribution is 2.27. The van der Waals surface area contributed by atoms with Crippen LogP contribution in [0.4, 0.5) is 5.13 Å². The normalized spacial score (nSPS) is 12.8. The van der Waals surface area contributed by atoms with E-state index in [0.717, 1.165) is 10.8 Å². The molecule has 1 aromatic rings. The standard InChI is InChI=1S/C12H20N2O2S/c1-7(2)14(6-8(3)11(15)16)12-13-9(4)10(5)17-12/h7-8H,6H2,1-5H3,(H,15,16). The van der Waals surface area contributed by atoms with Crippen LogP contribution < -0.4 is 4.90 Å². The zero-order chi connectivity index (χ0) is 13.2. The Hall–Kier alpha value is -1.10. The lowest BCUT2D eigenvalue weighted by Crippen LogP contribution is -2.37. The highest BCUT2D eigenvalue weighted by molar-refractivity contribution is 7.15. The van der Waals surface area contributed by atoms with Crippen molar-refractivity contribution in [3.8, 4) is 0 Å². The second kappa shape index (κ2) is 5.49. The van der Waals surface area contributed by atoms with Crippen LogP contribution in [0.25, 0.3) is 0 Å². The smallest absolute Gasteiger partial charge is 0.308 e. The van der Waals surface area contributed by atoms with Gasteiger partial charge in [-0.25, -0.2) is 4.98 Å². The van der Waals surface area contributed by atoms with E-state index in [2.05, 4.69) is 23.7 Å². The van der Waals surface area contributed by atoms with Crippen molar-refractivity contribution in [1.82, 2.24) is 4.98 Å². The van der Waals surface area contributed by atoms with Crippen LogP contribution in [0.3, 0.4) is 0 Å². The second-order valence-electron chi connectivity index (χ2n) is 4.62. The molecule has 5 heteroatoms. The van der Waals surface area contributed by atoms with E-state index in [9.17, 15) is 4.79 Å². The molecule has 0 aromatic carbocycles. The van der Waals surface area contributed by atoms with Crippen molar-refractivity contribution in [2.75, 3.05) is 11.4 Å². The summed E-state index contributed by atoms with van der Waals surface area (Å²) in [6, 6.07) is 0.252. The van der Waals surface area contributed by atoms with Gasteiger partial charge < -0.3 is 10.0 Å². The van der Waals surface area contributed by atoms with Gasteiger partial charge in [-0.3, -0.25) is 4.79 Å². The number of carbonyl (C=O) groups is 1. The number of aromatic nitrogens is 1. The number of aliphatic carboxylic acids is 1. The van der Waals surface area contributed by atoms with E-state index in [4.69, 9.17) is 5.11 Å². The first-order chi connectivity index (χ1) is 7.82. The Balaban J connectivity index is 2.90. The van der Waals surface area contributed by atoms with E-state index in [-0.39, 0.29) is 12.0 Å². The number of hydrogen-bond donors (Lipinski definition) is 1. The van der Waals surface area contributed by atoms with Gasteiger partial charge in [0, 0.05) is 17.5 Å². The van der Waals surface area contributed by atoms with Gasteiger partial charge in [-0.05, 0) is 27.7 Å². The Morgan fingerprint density at radius 3 is 2.35 bits per heavy atom. The molecule has 0 aliphatic rings. The maximum absolute atomic E-state index is 10.9. The summed E-state index contributed by atoms with van der Waals surface area (Å²) in [5.41, 5.74) is 1.03. The van der Waals surface area contributed by atoms with Crippen LogP contribution in [0.1, 0.15) is 31.3 Å². The van der Waals surface area contributed by atoms with Gasteiger partial charge in [0.05, 0.1) is 11.6 Å². The molecule has 1 unspecified atom stereocenters. The highest BCUT2D eigenvalue weighted by Gasteiger charge is 2.21. The average Bonchev–Trinajstić information content (AvgIpc) is 2.54. The molecule has 0 aliphatic heterocycles. The fraction of sp³-hybridized carbons (Fsp3) is 0.667. The zero-order valence-electron chi connectivity index (χ0n) is 11.0. The number of thiazole rings is 1. The molecule has 17 heavy (non-hydrogen) atoms. The molecule has 0 spiro atoms. The minimum absolute atomic E-state index is 0.252. The van der Waals surface area contributed by atoms with Crippen molar-refractivity contribution >= 4 is 22.4 Å². The number of hydrogen-bond acceptors (Lipinski definition) is 4. The Kier molecular flexibility index (Phi) is 4.51. The topological polar surface area (TPSA) is 53.4 Å². The third kappa shape index (κ3) is 3.43. The molecule has 4 nitrogen and oxygen atoms in total. The maximum atomic E-state index is 10.9. The van der Waals surface area contributed by atoms with Crippen LogP contribution in [0, 0.1) is 19.8 Å². The summed E-state index contributed by atoms with van der Waals surface area (Å²) in [6.07, 6.45) is 0. The van der Waals surface area contributed by atoms with Crippen LogP contribution in [-0.2, 0) is 4.79 Å². The van der Waals surface area contributed by atoms with E-state index in [1.807, 2.05) is 13.8 Å². The molecule has 1 heterocycles. The molecule has 0 saturated carbocycles. The predicted molar refractivity (Wildman–Crippen MR) is 70.9 cm³/mol. The van der Waals surface area contributed by atoms with Crippen LogP contribution >= 0.6 is 11.3 Å². The third-order valence-corrected chi connectivity index (χ3v) is 3.89. The minimum atomic E-state index is -0.763. The number of anilines is 1. The van der Waals surface area contributed by atoms with E-state index < -0.39 is 5.97 Å². The molecular formula is C12H20N2O2S. The summed E-state index contributed by atoms with van der Waals surface area (Å²) in [6.45, 7) is 10.4. The third-order valence-electron chi connectivity index (χ3n) is 2.78. The summed E-state index contributed by atoms with van der Waals surface area (Å²) in [7, 11) is 0. The van der Waals surface area contributed by atoms with Gasteiger partial charge in [0.25, 0.3) is 0 Å². The molecule has 1 N–H and O–H groups in total. The Bertz CT molecular complexity index is 382. The first kappa shape index (κ1) is 14.0. The minimum Gasteiger partial charge on any atom is -0.481 e. The first-order valence-electron chi connectivity index (χ1n) is 5.76. The molecule has 0 aliphatic carbocycles. The highest BCUT2D eigenvalue weighted by atomic mass is 32.1. The van der Waals surface area contributed by atoms with E-state index in [1.165, 1.54) is 4.88 Å². The van der Waals surface area contributed by atoms with Crippen molar-refractivity contribution < 1.29 is 9.90 Å². The van der Waals surface area contributed by atoms with Crippen molar-refractivity contribution in [2.45, 2.75) is 40.7 Å². The quantitative estimate of drug-likeness (QED) is 0.880. The van der Waals surface area contributed by atoms with Crippen molar-refractivity contribution in [2.24, 2.45) is 5.92 Å². The maximum Gasteiger partial charge on any atom is 0.308 e. The molecule has 0 saturated heterocycles. The van der Waals surface area contributed by atoms with E-state index in [0.29, 0.717) is 6.54 Å². The zero-order valence-corrected chi connectivity index (χ0v) is 11.8. The Morgan fingerprint density at radius 1 is 1.41 bits per heavy atom. The molecule has 1 rings (SSSR count). The van der Waals surface area contributed by atoms with Gasteiger partial charge in [-0.2, -0.15) is 0 Å². The summed E-state index contributed by atoms with van der Waals surface area (Å²) in [4.78, 5) is 18.7. The lowest BCUT2D eigenvalue weighted by Gasteiger charge is -2.27. The van der Waals surface area contributed by atoms with Crippen molar-refractivity contribution in [3.63, 3.8) is 0 Å². The molecule has 0 fully saturated rings. The predicted octanol–water partition coefficient (Wildman–Crippen LogP) is 2.70. The molecule has 0 amide bonds. The molecule has 96 valence electrons. The summed E-state index contributed by atoms with van der Waals surface area (Å²) < 4.78 is 0. The van der Waals surface area contributed by atoms with Crippen molar-refractivity contribution in [1.29, 1.82) is 0 Å². The molecule has 1 aromatic heterocycles. The number of nitrogens with zero attached hydrogens (tertiary/aromatic N) is 2. The fourth-order valence-electron chi connectivity index (χ4n) is 1.46. The van der Waals surface area contributed by atoms with Gasteiger partial charge in [0.2, 0.25) is 0 Å². The summed E-state index contributed by atoms with van der Waals surface area (Å²) >= 11 is 1.63. The van der Waals surface area contributed by atoms with Crippen LogP contribution in [-0.4, -0.2) is 28.6 Å². The first-order valence-corrected chi connectivity index (χ1v) is 6.58. The monoisotopic (exact) mass is 256 g/mol. The molecule has 0 radical (unpaired) electrons. The van der Waals surface area contributed by atoms with Gasteiger partial charge >= 0.3 is 5.97 Å². The summed E-state index contributed by atoms with van der Waals surface area (Å²) in [5.74, 6) is -1.15. The van der Waals surface area contributed by atoms with Crippen LogP contribution in [0.2, 0.25) is 0 Å². The largest absolute Gasteiger partial charge is 0.481 e. The second-order valence-corrected chi connectivity index (χ2v) is 5.81. The number of carboxylic acids is 1. The van der Waals surface area contributed by atoms with E-state index >= 15 is 0 Å².